The Labute approximate surface area is 130 Å². The van der Waals surface area contributed by atoms with Crippen LogP contribution in [0, 0.1) is 6.92 Å². The number of nitrogens with zero attached hydrogens (tertiary/aromatic N) is 1. The lowest BCUT2D eigenvalue weighted by Gasteiger charge is -2.24. The molecule has 0 spiro atoms. The quantitative estimate of drug-likeness (QED) is 0.860. The van der Waals surface area contributed by atoms with E-state index in [1.807, 2.05) is 31.4 Å². The first-order valence-electron chi connectivity index (χ1n) is 6.69. The van der Waals surface area contributed by atoms with Gasteiger partial charge in [-0.3, -0.25) is 0 Å². The normalized spacial score (nSPS) is 13.5. The van der Waals surface area contributed by atoms with E-state index in [9.17, 15) is 8.42 Å². The predicted octanol–water partition coefficient (Wildman–Crippen LogP) is 2.89. The number of aryl methyl sites for hydroxylation is 1. The van der Waals surface area contributed by atoms with Crippen LogP contribution >= 0.6 is 11.3 Å². The molecule has 2 N–H and O–H groups in total. The number of benzene rings is 1. The van der Waals surface area contributed by atoms with Gasteiger partial charge in [-0.05, 0) is 49.4 Å². The van der Waals surface area contributed by atoms with Crippen LogP contribution in [0.5, 0.6) is 0 Å². The first-order chi connectivity index (χ1) is 9.82. The van der Waals surface area contributed by atoms with Crippen molar-refractivity contribution in [2.45, 2.75) is 31.2 Å². The molecule has 6 heteroatoms. The minimum atomic E-state index is -3.58. The van der Waals surface area contributed by atoms with Crippen LogP contribution in [0.4, 0.5) is 5.69 Å². The average Bonchev–Trinajstić information content (AvgIpc) is 2.90. The zero-order valence-electron chi connectivity index (χ0n) is 12.4. The van der Waals surface area contributed by atoms with Crippen LogP contribution in [0.3, 0.4) is 0 Å². The van der Waals surface area contributed by atoms with E-state index < -0.39 is 10.0 Å². The number of thiophene rings is 1. The van der Waals surface area contributed by atoms with Crippen molar-refractivity contribution in [3.8, 4) is 0 Å². The summed E-state index contributed by atoms with van der Waals surface area (Å²) in [6.07, 6.45) is 0.694. The van der Waals surface area contributed by atoms with E-state index in [0.717, 1.165) is 5.56 Å². The Morgan fingerprint density at radius 1 is 1.33 bits per heavy atom. The Morgan fingerprint density at radius 3 is 2.62 bits per heavy atom. The summed E-state index contributed by atoms with van der Waals surface area (Å²) in [5, 5.41) is 1.99. The topological polar surface area (TPSA) is 63.4 Å². The van der Waals surface area contributed by atoms with Crippen molar-refractivity contribution in [3.05, 3.63) is 46.2 Å². The summed E-state index contributed by atoms with van der Waals surface area (Å²) < 4.78 is 26.8. The van der Waals surface area contributed by atoms with Crippen LogP contribution in [0.15, 0.2) is 40.6 Å². The molecule has 1 aromatic carbocycles. The number of hydrogen-bond acceptors (Lipinski definition) is 4. The SMILES string of the molecule is Cc1ccc(S(=O)(=O)N(C)C(C)Cc2cccs2)c(N)c1. The summed E-state index contributed by atoms with van der Waals surface area (Å²) in [4.78, 5) is 1.34. The summed E-state index contributed by atoms with van der Waals surface area (Å²) in [6.45, 7) is 3.79. The molecule has 21 heavy (non-hydrogen) atoms. The van der Waals surface area contributed by atoms with E-state index in [-0.39, 0.29) is 10.9 Å². The van der Waals surface area contributed by atoms with E-state index in [0.29, 0.717) is 12.1 Å². The number of anilines is 1. The number of sulfonamides is 1. The zero-order valence-corrected chi connectivity index (χ0v) is 14.0. The molecule has 0 radical (unpaired) electrons. The van der Waals surface area contributed by atoms with Crippen LogP contribution in [0.2, 0.25) is 0 Å². The van der Waals surface area contributed by atoms with Crippen molar-refractivity contribution in [1.29, 1.82) is 0 Å². The lowest BCUT2D eigenvalue weighted by atomic mass is 10.2. The highest BCUT2D eigenvalue weighted by Gasteiger charge is 2.27. The molecular formula is C15H20N2O2S2. The molecule has 0 saturated heterocycles. The summed E-state index contributed by atoms with van der Waals surface area (Å²) >= 11 is 1.63. The number of hydrogen-bond donors (Lipinski definition) is 1. The molecular weight excluding hydrogens is 304 g/mol. The maximum atomic E-state index is 12.7. The minimum absolute atomic E-state index is 0.130. The number of rotatable bonds is 5. The molecule has 0 aliphatic carbocycles. The van der Waals surface area contributed by atoms with E-state index >= 15 is 0 Å². The third-order valence-corrected chi connectivity index (χ3v) is 6.46. The minimum Gasteiger partial charge on any atom is -0.398 e. The van der Waals surface area contributed by atoms with E-state index in [2.05, 4.69) is 0 Å². The Bertz CT molecular complexity index is 709. The summed E-state index contributed by atoms with van der Waals surface area (Å²) in [5.74, 6) is 0. The Balaban J connectivity index is 2.25. The fourth-order valence-corrected chi connectivity index (χ4v) is 4.43. The zero-order chi connectivity index (χ0) is 15.6. The first-order valence-corrected chi connectivity index (χ1v) is 9.01. The highest BCUT2D eigenvalue weighted by molar-refractivity contribution is 7.89. The molecule has 1 heterocycles. The molecule has 0 bridgehead atoms. The predicted molar refractivity (Wildman–Crippen MR) is 88.0 cm³/mol. The average molecular weight is 324 g/mol. The van der Waals surface area contributed by atoms with Gasteiger partial charge in [0.15, 0.2) is 0 Å². The Hall–Kier alpha value is -1.37. The van der Waals surface area contributed by atoms with Crippen LogP contribution in [-0.4, -0.2) is 25.8 Å². The van der Waals surface area contributed by atoms with Crippen LogP contribution < -0.4 is 5.73 Å². The van der Waals surface area contributed by atoms with Crippen molar-refractivity contribution < 1.29 is 8.42 Å². The molecule has 0 aliphatic heterocycles. The third kappa shape index (κ3) is 3.45. The lowest BCUT2D eigenvalue weighted by Crippen LogP contribution is -2.36. The molecule has 114 valence electrons. The smallest absolute Gasteiger partial charge is 0.245 e. The van der Waals surface area contributed by atoms with Gasteiger partial charge in [0.1, 0.15) is 4.90 Å². The fraction of sp³-hybridized carbons (Fsp3) is 0.333. The standard InChI is InChI=1S/C15H20N2O2S2/c1-11-6-7-15(14(16)9-11)21(18,19)17(3)12(2)10-13-5-4-8-20-13/h4-9,12H,10,16H2,1-3H3. The van der Waals surface area contributed by atoms with Crippen molar-refractivity contribution in [1.82, 2.24) is 4.31 Å². The second-order valence-corrected chi connectivity index (χ2v) is 8.19. The van der Waals surface area contributed by atoms with Crippen LogP contribution in [0.25, 0.3) is 0 Å². The molecule has 1 unspecified atom stereocenters. The van der Waals surface area contributed by atoms with Gasteiger partial charge in [-0.15, -0.1) is 11.3 Å². The van der Waals surface area contributed by atoms with Crippen molar-refractivity contribution >= 4 is 27.0 Å². The molecule has 4 nitrogen and oxygen atoms in total. The van der Waals surface area contributed by atoms with Gasteiger partial charge < -0.3 is 5.73 Å². The number of likely N-dealkylation sites (N-methyl/N-ethyl adjacent to an activating group) is 1. The summed E-state index contributed by atoms with van der Waals surface area (Å²) in [5.41, 5.74) is 7.12. The van der Waals surface area contributed by atoms with E-state index in [1.54, 1.807) is 36.6 Å². The van der Waals surface area contributed by atoms with E-state index in [4.69, 9.17) is 5.73 Å². The number of nitrogens with two attached hydrogens (primary N) is 1. The van der Waals surface area contributed by atoms with Gasteiger partial charge in [0.25, 0.3) is 0 Å². The van der Waals surface area contributed by atoms with Crippen molar-refractivity contribution in [2.24, 2.45) is 0 Å². The van der Waals surface area contributed by atoms with Gasteiger partial charge in [-0.2, -0.15) is 4.31 Å². The lowest BCUT2D eigenvalue weighted by molar-refractivity contribution is 0.388. The fourth-order valence-electron chi connectivity index (χ4n) is 2.14. The van der Waals surface area contributed by atoms with Crippen LogP contribution in [0.1, 0.15) is 17.4 Å². The second kappa shape index (κ2) is 6.17. The molecule has 0 fully saturated rings. The molecule has 0 amide bonds. The first kappa shape index (κ1) is 16.0. The molecule has 2 rings (SSSR count). The van der Waals surface area contributed by atoms with Crippen LogP contribution in [-0.2, 0) is 16.4 Å². The van der Waals surface area contributed by atoms with Crippen molar-refractivity contribution in [2.75, 3.05) is 12.8 Å². The van der Waals surface area contributed by atoms with Crippen molar-refractivity contribution in [3.63, 3.8) is 0 Å². The second-order valence-electron chi connectivity index (χ2n) is 5.20. The molecule has 1 aromatic heterocycles. The largest absolute Gasteiger partial charge is 0.398 e. The third-order valence-electron chi connectivity index (χ3n) is 3.52. The maximum absolute atomic E-state index is 12.7. The van der Waals surface area contributed by atoms with Gasteiger partial charge in [0.05, 0.1) is 5.69 Å². The monoisotopic (exact) mass is 324 g/mol. The van der Waals surface area contributed by atoms with E-state index in [1.165, 1.54) is 9.18 Å². The summed E-state index contributed by atoms with van der Waals surface area (Å²) in [7, 11) is -1.97. The van der Waals surface area contributed by atoms with Gasteiger partial charge >= 0.3 is 0 Å². The number of nitrogen functional groups attached to an aromatic ring is 1. The highest BCUT2D eigenvalue weighted by Crippen LogP contribution is 2.25. The van der Waals surface area contributed by atoms with Gasteiger partial charge in [-0.1, -0.05) is 12.1 Å². The van der Waals surface area contributed by atoms with Gasteiger partial charge in [0, 0.05) is 18.0 Å². The van der Waals surface area contributed by atoms with Gasteiger partial charge in [0.2, 0.25) is 10.0 Å². The Morgan fingerprint density at radius 2 is 2.05 bits per heavy atom. The molecule has 1 atom stereocenters. The Kier molecular flexibility index (Phi) is 4.70. The maximum Gasteiger partial charge on any atom is 0.245 e. The van der Waals surface area contributed by atoms with Gasteiger partial charge in [-0.25, -0.2) is 8.42 Å². The molecule has 2 aromatic rings. The molecule has 0 aliphatic rings. The summed E-state index contributed by atoms with van der Waals surface area (Å²) in [6, 6.07) is 8.88. The highest BCUT2D eigenvalue weighted by atomic mass is 32.2. The molecule has 0 saturated carbocycles.